The summed E-state index contributed by atoms with van der Waals surface area (Å²) in [7, 11) is 1.33. The van der Waals surface area contributed by atoms with E-state index in [9.17, 15) is 9.59 Å². The average Bonchev–Trinajstić information content (AvgIpc) is 3.02. The highest BCUT2D eigenvalue weighted by Gasteiger charge is 2.11. The van der Waals surface area contributed by atoms with Crippen LogP contribution in [0.25, 0.3) is 5.65 Å². The first kappa shape index (κ1) is 16.2. The number of methoxy groups -OCH3 is 1. The van der Waals surface area contributed by atoms with E-state index in [1.807, 2.05) is 24.4 Å². The van der Waals surface area contributed by atoms with Crippen LogP contribution in [0.2, 0.25) is 0 Å². The minimum absolute atomic E-state index is 0.279. The van der Waals surface area contributed by atoms with Gasteiger partial charge in [0, 0.05) is 23.4 Å². The van der Waals surface area contributed by atoms with E-state index in [-0.39, 0.29) is 5.91 Å². The third kappa shape index (κ3) is 3.46. The molecule has 2 heterocycles. The summed E-state index contributed by atoms with van der Waals surface area (Å²) in [5.41, 5.74) is 2.26. The minimum Gasteiger partial charge on any atom is -0.465 e. The van der Waals surface area contributed by atoms with Gasteiger partial charge in [0.2, 0.25) is 0 Å². The fraction of sp³-hybridized carbons (Fsp3) is 0.118. The SMILES string of the molecule is COC(=O)c1cccc(CNC(=O)c2cn3ccc(Br)cc3n2)c1. The summed E-state index contributed by atoms with van der Waals surface area (Å²) in [4.78, 5) is 28.1. The number of fused-ring (bicyclic) bond motifs is 1. The molecule has 0 atom stereocenters. The van der Waals surface area contributed by atoms with Crippen molar-refractivity contribution in [3.05, 3.63) is 70.1 Å². The predicted octanol–water partition coefficient (Wildman–Crippen LogP) is 2.81. The summed E-state index contributed by atoms with van der Waals surface area (Å²) in [6, 6.07) is 10.6. The summed E-state index contributed by atoms with van der Waals surface area (Å²) in [6.45, 7) is 0.293. The number of rotatable bonds is 4. The number of aromatic nitrogens is 2. The molecule has 0 aliphatic heterocycles. The molecule has 122 valence electrons. The zero-order valence-electron chi connectivity index (χ0n) is 12.8. The van der Waals surface area contributed by atoms with E-state index in [1.54, 1.807) is 28.8 Å². The van der Waals surface area contributed by atoms with Gasteiger partial charge in [-0.3, -0.25) is 4.79 Å². The Labute approximate surface area is 146 Å². The Kier molecular flexibility index (Phi) is 4.61. The second-order valence-corrected chi connectivity index (χ2v) is 6.03. The Morgan fingerprint density at radius 1 is 1.29 bits per heavy atom. The number of imidazole rings is 1. The maximum atomic E-state index is 12.3. The van der Waals surface area contributed by atoms with Gasteiger partial charge < -0.3 is 14.5 Å². The highest BCUT2D eigenvalue weighted by molar-refractivity contribution is 9.10. The fourth-order valence-corrected chi connectivity index (χ4v) is 2.59. The lowest BCUT2D eigenvalue weighted by atomic mass is 10.1. The monoisotopic (exact) mass is 387 g/mol. The molecular formula is C17H14BrN3O3. The molecule has 24 heavy (non-hydrogen) atoms. The van der Waals surface area contributed by atoms with E-state index in [2.05, 4.69) is 31.0 Å². The molecule has 2 aromatic heterocycles. The number of esters is 1. The van der Waals surface area contributed by atoms with Gasteiger partial charge in [0.05, 0.1) is 12.7 Å². The van der Waals surface area contributed by atoms with Crippen LogP contribution in [0.3, 0.4) is 0 Å². The lowest BCUT2D eigenvalue weighted by Gasteiger charge is -2.05. The normalized spacial score (nSPS) is 10.6. The third-order valence-corrected chi connectivity index (χ3v) is 3.95. The summed E-state index contributed by atoms with van der Waals surface area (Å²) in [6.07, 6.45) is 3.49. The molecule has 3 rings (SSSR count). The largest absolute Gasteiger partial charge is 0.465 e. The molecule has 0 aliphatic rings. The molecule has 0 spiro atoms. The Hall–Kier alpha value is -2.67. The van der Waals surface area contributed by atoms with Gasteiger partial charge in [0.25, 0.3) is 5.91 Å². The molecule has 0 unspecified atom stereocenters. The van der Waals surface area contributed by atoms with Gasteiger partial charge in [-0.2, -0.15) is 0 Å². The Bertz CT molecular complexity index is 920. The second kappa shape index (κ2) is 6.84. The van der Waals surface area contributed by atoms with Gasteiger partial charge in [-0.15, -0.1) is 0 Å². The van der Waals surface area contributed by atoms with Crippen LogP contribution >= 0.6 is 15.9 Å². The molecule has 0 radical (unpaired) electrons. The van der Waals surface area contributed by atoms with Gasteiger partial charge in [-0.25, -0.2) is 9.78 Å². The molecule has 0 saturated heterocycles. The highest BCUT2D eigenvalue weighted by atomic mass is 79.9. The van der Waals surface area contributed by atoms with Gasteiger partial charge in [0.15, 0.2) is 0 Å². The van der Waals surface area contributed by atoms with Crippen molar-refractivity contribution in [3.63, 3.8) is 0 Å². The molecule has 7 heteroatoms. The van der Waals surface area contributed by atoms with Crippen molar-refractivity contribution in [2.45, 2.75) is 6.54 Å². The number of pyridine rings is 1. The Balaban J connectivity index is 1.71. The topological polar surface area (TPSA) is 72.7 Å². The molecule has 1 N–H and O–H groups in total. The smallest absolute Gasteiger partial charge is 0.337 e. The Morgan fingerprint density at radius 3 is 2.92 bits per heavy atom. The van der Waals surface area contributed by atoms with Crippen molar-refractivity contribution in [2.24, 2.45) is 0 Å². The van der Waals surface area contributed by atoms with Crippen LogP contribution in [-0.4, -0.2) is 28.4 Å². The average molecular weight is 388 g/mol. The molecule has 0 bridgehead atoms. The number of amides is 1. The van der Waals surface area contributed by atoms with Crippen molar-refractivity contribution in [2.75, 3.05) is 7.11 Å². The molecule has 0 fully saturated rings. The standard InChI is InChI=1S/C17H14BrN3O3/c1-24-17(23)12-4-2-3-11(7-12)9-19-16(22)14-10-21-6-5-13(18)8-15(21)20-14/h2-8,10H,9H2,1H3,(H,19,22). The number of hydrogen-bond donors (Lipinski definition) is 1. The molecule has 0 aliphatic carbocycles. The van der Waals surface area contributed by atoms with Crippen molar-refractivity contribution in [1.29, 1.82) is 0 Å². The zero-order valence-corrected chi connectivity index (χ0v) is 14.4. The van der Waals surface area contributed by atoms with E-state index >= 15 is 0 Å². The first-order valence-electron chi connectivity index (χ1n) is 7.16. The number of hydrogen-bond acceptors (Lipinski definition) is 4. The molecule has 0 saturated carbocycles. The second-order valence-electron chi connectivity index (χ2n) is 5.11. The number of nitrogens with one attached hydrogen (secondary N) is 1. The molecule has 1 aromatic carbocycles. The van der Waals surface area contributed by atoms with Crippen LogP contribution in [-0.2, 0) is 11.3 Å². The first-order valence-corrected chi connectivity index (χ1v) is 7.96. The summed E-state index contributed by atoms with van der Waals surface area (Å²) >= 11 is 3.37. The maximum Gasteiger partial charge on any atom is 0.337 e. The van der Waals surface area contributed by atoms with Crippen molar-refractivity contribution < 1.29 is 14.3 Å². The van der Waals surface area contributed by atoms with Gasteiger partial charge in [-0.1, -0.05) is 28.1 Å². The summed E-state index contributed by atoms with van der Waals surface area (Å²) < 4.78 is 7.36. The van der Waals surface area contributed by atoms with Gasteiger partial charge in [-0.05, 0) is 29.8 Å². The Morgan fingerprint density at radius 2 is 2.12 bits per heavy atom. The van der Waals surface area contributed by atoms with Crippen LogP contribution in [0.1, 0.15) is 26.4 Å². The molecule has 1 amide bonds. The number of nitrogens with zero attached hydrogens (tertiary/aromatic N) is 2. The van der Waals surface area contributed by atoms with E-state index in [0.717, 1.165) is 10.0 Å². The van der Waals surface area contributed by atoms with E-state index in [0.29, 0.717) is 23.4 Å². The van der Waals surface area contributed by atoms with Gasteiger partial charge in [0.1, 0.15) is 11.3 Å². The fourth-order valence-electron chi connectivity index (χ4n) is 2.27. The molecule has 3 aromatic rings. The van der Waals surface area contributed by atoms with E-state index < -0.39 is 5.97 Å². The van der Waals surface area contributed by atoms with Crippen LogP contribution < -0.4 is 5.32 Å². The zero-order chi connectivity index (χ0) is 17.1. The number of benzene rings is 1. The summed E-state index contributed by atoms with van der Waals surface area (Å²) in [5.74, 6) is -0.688. The predicted molar refractivity (Wildman–Crippen MR) is 91.8 cm³/mol. The summed E-state index contributed by atoms with van der Waals surface area (Å²) in [5, 5.41) is 2.80. The number of halogens is 1. The van der Waals surface area contributed by atoms with E-state index in [4.69, 9.17) is 0 Å². The number of ether oxygens (including phenoxy) is 1. The van der Waals surface area contributed by atoms with Crippen molar-refractivity contribution in [3.8, 4) is 0 Å². The quantitative estimate of drug-likeness (QED) is 0.698. The van der Waals surface area contributed by atoms with Crippen LogP contribution in [0.15, 0.2) is 53.3 Å². The molecule has 6 nitrogen and oxygen atoms in total. The van der Waals surface area contributed by atoms with Crippen LogP contribution in [0.5, 0.6) is 0 Å². The number of carbonyl (C=O) groups excluding carboxylic acids is 2. The van der Waals surface area contributed by atoms with Crippen LogP contribution in [0, 0.1) is 0 Å². The van der Waals surface area contributed by atoms with Crippen molar-refractivity contribution in [1.82, 2.24) is 14.7 Å². The third-order valence-electron chi connectivity index (χ3n) is 3.46. The lowest BCUT2D eigenvalue weighted by molar-refractivity contribution is 0.0600. The highest BCUT2D eigenvalue weighted by Crippen LogP contribution is 2.13. The minimum atomic E-state index is -0.408. The van der Waals surface area contributed by atoms with E-state index in [1.165, 1.54) is 7.11 Å². The first-order chi connectivity index (χ1) is 11.6. The molecular weight excluding hydrogens is 374 g/mol. The van der Waals surface area contributed by atoms with Gasteiger partial charge >= 0.3 is 5.97 Å². The van der Waals surface area contributed by atoms with Crippen molar-refractivity contribution >= 4 is 33.5 Å². The number of carbonyl (C=O) groups is 2. The lowest BCUT2D eigenvalue weighted by Crippen LogP contribution is -2.23. The van der Waals surface area contributed by atoms with Crippen LogP contribution in [0.4, 0.5) is 0 Å². The maximum absolute atomic E-state index is 12.3.